The van der Waals surface area contributed by atoms with Gasteiger partial charge in [-0.1, -0.05) is 38.1 Å². The number of aliphatic hydroxyl groups is 1. The van der Waals surface area contributed by atoms with Crippen LogP contribution in [0.15, 0.2) is 54.1 Å². The van der Waals surface area contributed by atoms with Crippen molar-refractivity contribution in [3.63, 3.8) is 0 Å². The first-order valence-electron chi connectivity index (χ1n) is 10.2. The fourth-order valence-electron chi connectivity index (χ4n) is 6.66. The first-order valence-corrected chi connectivity index (χ1v) is 10.2. The van der Waals surface area contributed by atoms with Crippen molar-refractivity contribution in [1.29, 1.82) is 0 Å². The van der Waals surface area contributed by atoms with Crippen molar-refractivity contribution in [2.75, 3.05) is 0 Å². The Morgan fingerprint density at radius 1 is 1.19 bits per heavy atom. The molecule has 1 fully saturated rings. The molecule has 1 aromatic rings. The molecule has 4 aliphatic carbocycles. The summed E-state index contributed by atoms with van der Waals surface area (Å²) in [6.07, 6.45) is 15.4. The second-order valence-electron chi connectivity index (χ2n) is 9.30. The third-order valence-electron chi connectivity index (χ3n) is 8.20. The maximum atomic E-state index is 12.0. The van der Waals surface area contributed by atoms with Gasteiger partial charge in [0.15, 0.2) is 11.5 Å². The number of rotatable bonds is 1. The molecular formula is C24H27NO2. The predicted molar refractivity (Wildman–Crippen MR) is 106 cm³/mol. The van der Waals surface area contributed by atoms with Gasteiger partial charge in [0.25, 0.3) is 0 Å². The van der Waals surface area contributed by atoms with Gasteiger partial charge in [-0.15, -0.1) is 0 Å². The number of hydrogen-bond donors (Lipinski definition) is 1. The highest BCUT2D eigenvalue weighted by atomic mass is 16.3. The van der Waals surface area contributed by atoms with E-state index in [0.29, 0.717) is 24.2 Å². The molecule has 1 N–H and O–H groups in total. The van der Waals surface area contributed by atoms with Gasteiger partial charge in [0.05, 0.1) is 0 Å². The van der Waals surface area contributed by atoms with Crippen molar-refractivity contribution in [1.82, 2.24) is 4.98 Å². The molecule has 3 nitrogen and oxygen atoms in total. The van der Waals surface area contributed by atoms with Gasteiger partial charge < -0.3 is 5.11 Å². The molecule has 0 saturated heterocycles. The smallest absolute Gasteiger partial charge is 0.197 e. The van der Waals surface area contributed by atoms with Crippen LogP contribution >= 0.6 is 0 Å². The predicted octanol–water partition coefficient (Wildman–Crippen LogP) is 5.27. The van der Waals surface area contributed by atoms with Crippen LogP contribution in [0.5, 0.6) is 0 Å². The van der Waals surface area contributed by atoms with Gasteiger partial charge in [-0.2, -0.15) is 0 Å². The van der Waals surface area contributed by atoms with Gasteiger partial charge in [0, 0.05) is 29.8 Å². The minimum atomic E-state index is -0.0902. The Balaban J connectivity index is 1.54. The SMILES string of the molecule is C[C@]12CCC(=O)C(O)=C1C=C[C@H]1C3CC=C(c4cccnc4)[C@@]3(C)CC[C@@H]12. The summed E-state index contributed by atoms with van der Waals surface area (Å²) in [6, 6.07) is 4.21. The van der Waals surface area contributed by atoms with E-state index in [9.17, 15) is 9.90 Å². The highest BCUT2D eigenvalue weighted by Crippen LogP contribution is 2.65. The number of carbonyl (C=O) groups is 1. The van der Waals surface area contributed by atoms with Gasteiger partial charge in [0.2, 0.25) is 0 Å². The monoisotopic (exact) mass is 361 g/mol. The number of carbonyl (C=O) groups excluding carboxylic acids is 1. The maximum Gasteiger partial charge on any atom is 0.197 e. The van der Waals surface area contributed by atoms with E-state index in [4.69, 9.17) is 0 Å². The summed E-state index contributed by atoms with van der Waals surface area (Å²) in [4.78, 5) is 16.4. The Morgan fingerprint density at radius 3 is 2.81 bits per heavy atom. The summed E-state index contributed by atoms with van der Waals surface area (Å²) in [5, 5.41) is 10.4. The van der Waals surface area contributed by atoms with Crippen molar-refractivity contribution in [2.45, 2.75) is 46.0 Å². The molecule has 4 aliphatic rings. The van der Waals surface area contributed by atoms with Crippen LogP contribution in [0.4, 0.5) is 0 Å². The molecule has 0 spiro atoms. The minimum Gasteiger partial charge on any atom is -0.504 e. The zero-order chi connectivity index (χ0) is 18.8. The second kappa shape index (κ2) is 5.67. The fourth-order valence-corrected chi connectivity index (χ4v) is 6.66. The molecule has 5 atom stereocenters. The lowest BCUT2D eigenvalue weighted by atomic mass is 9.48. The Labute approximate surface area is 160 Å². The van der Waals surface area contributed by atoms with Gasteiger partial charge >= 0.3 is 0 Å². The molecule has 0 amide bonds. The standard InChI is InChI=1S/C24H27NO2/c1-23-11-9-19-16(5-6-20-22(27)21(26)10-12-24(19,20)2)18(23)8-7-17(23)15-4-3-13-25-14-15/h3-7,13-14,16,18-19,27H,8-12H2,1-2H3/t16-,18?,19-,23+,24+/m0/s1. The molecule has 1 unspecified atom stereocenters. The molecule has 1 heterocycles. The summed E-state index contributed by atoms with van der Waals surface area (Å²) in [5.41, 5.74) is 3.71. The van der Waals surface area contributed by atoms with E-state index in [1.165, 1.54) is 11.1 Å². The highest BCUT2D eigenvalue weighted by molar-refractivity contribution is 5.95. The van der Waals surface area contributed by atoms with Crippen molar-refractivity contribution < 1.29 is 9.90 Å². The first kappa shape index (κ1) is 17.0. The van der Waals surface area contributed by atoms with Crippen molar-refractivity contribution >= 4 is 11.4 Å². The quantitative estimate of drug-likeness (QED) is 0.741. The van der Waals surface area contributed by atoms with Crippen LogP contribution < -0.4 is 0 Å². The van der Waals surface area contributed by atoms with Crippen molar-refractivity contribution in [3.05, 3.63) is 59.7 Å². The van der Waals surface area contributed by atoms with Crippen LogP contribution in [0, 0.1) is 28.6 Å². The van der Waals surface area contributed by atoms with Crippen molar-refractivity contribution in [2.24, 2.45) is 28.6 Å². The molecule has 0 aromatic carbocycles. The first-order chi connectivity index (χ1) is 12.9. The number of hydrogen-bond acceptors (Lipinski definition) is 3. The molecule has 0 aliphatic heterocycles. The van der Waals surface area contributed by atoms with Crippen LogP contribution in [0.3, 0.4) is 0 Å². The van der Waals surface area contributed by atoms with E-state index in [1.54, 1.807) is 0 Å². The number of fused-ring (bicyclic) bond motifs is 5. The van der Waals surface area contributed by atoms with Crippen LogP contribution in [-0.2, 0) is 4.79 Å². The van der Waals surface area contributed by atoms with Crippen LogP contribution in [0.1, 0.15) is 51.5 Å². The van der Waals surface area contributed by atoms with E-state index >= 15 is 0 Å². The molecule has 1 saturated carbocycles. The summed E-state index contributed by atoms with van der Waals surface area (Å²) >= 11 is 0. The van der Waals surface area contributed by atoms with Gasteiger partial charge in [-0.25, -0.2) is 0 Å². The van der Waals surface area contributed by atoms with Crippen LogP contribution in [-0.4, -0.2) is 15.9 Å². The number of Topliss-reactive ketones (excluding diaryl/α,β-unsaturated/α-hetero) is 1. The number of pyridine rings is 1. The summed E-state index contributed by atoms with van der Waals surface area (Å²) in [5.74, 6) is 1.53. The van der Waals surface area contributed by atoms with E-state index in [0.717, 1.165) is 31.3 Å². The Bertz CT molecular complexity index is 896. The molecule has 5 rings (SSSR count). The normalized spacial score (nSPS) is 40.3. The zero-order valence-electron chi connectivity index (χ0n) is 16.1. The van der Waals surface area contributed by atoms with E-state index in [1.807, 2.05) is 18.5 Å². The molecule has 0 radical (unpaired) electrons. The maximum absolute atomic E-state index is 12.0. The van der Waals surface area contributed by atoms with Gasteiger partial charge in [0.1, 0.15) is 0 Å². The average Bonchev–Trinajstić information content (AvgIpc) is 3.03. The summed E-state index contributed by atoms with van der Waals surface area (Å²) < 4.78 is 0. The molecule has 140 valence electrons. The lowest BCUT2D eigenvalue weighted by Crippen LogP contribution is -2.48. The minimum absolute atomic E-state index is 0.0207. The Morgan fingerprint density at radius 2 is 2.04 bits per heavy atom. The van der Waals surface area contributed by atoms with E-state index in [-0.39, 0.29) is 22.4 Å². The lowest BCUT2D eigenvalue weighted by Gasteiger charge is -2.55. The van der Waals surface area contributed by atoms with E-state index < -0.39 is 0 Å². The number of aromatic nitrogens is 1. The number of ketones is 1. The topological polar surface area (TPSA) is 50.2 Å². The Hall–Kier alpha value is -2.16. The Kier molecular flexibility index (Phi) is 3.56. The van der Waals surface area contributed by atoms with Crippen LogP contribution in [0.2, 0.25) is 0 Å². The molecular weight excluding hydrogens is 334 g/mol. The highest BCUT2D eigenvalue weighted by Gasteiger charge is 2.56. The molecule has 1 aromatic heterocycles. The lowest BCUT2D eigenvalue weighted by molar-refractivity contribution is -0.120. The molecule has 0 bridgehead atoms. The third-order valence-corrected chi connectivity index (χ3v) is 8.20. The third kappa shape index (κ3) is 2.20. The van der Waals surface area contributed by atoms with Crippen molar-refractivity contribution in [3.8, 4) is 0 Å². The zero-order valence-corrected chi connectivity index (χ0v) is 16.1. The number of allylic oxidation sites excluding steroid dienone is 6. The number of aliphatic hydroxyl groups excluding tert-OH is 1. The fraction of sp³-hybridized carbons (Fsp3) is 0.500. The number of nitrogens with zero attached hydrogens (tertiary/aromatic N) is 1. The second-order valence-corrected chi connectivity index (χ2v) is 9.30. The molecule has 27 heavy (non-hydrogen) atoms. The summed E-state index contributed by atoms with van der Waals surface area (Å²) in [7, 11) is 0. The van der Waals surface area contributed by atoms with E-state index in [2.05, 4.69) is 43.1 Å². The van der Waals surface area contributed by atoms with Crippen LogP contribution in [0.25, 0.3) is 5.57 Å². The van der Waals surface area contributed by atoms with Gasteiger partial charge in [-0.05, 0) is 66.1 Å². The summed E-state index contributed by atoms with van der Waals surface area (Å²) in [6.45, 7) is 4.71. The molecule has 3 heteroatoms. The average molecular weight is 361 g/mol. The largest absolute Gasteiger partial charge is 0.504 e. The van der Waals surface area contributed by atoms with Gasteiger partial charge in [-0.3, -0.25) is 9.78 Å².